The van der Waals surface area contributed by atoms with E-state index >= 15 is 0 Å². The first kappa shape index (κ1) is 19.0. The van der Waals surface area contributed by atoms with E-state index in [4.69, 9.17) is 4.74 Å². The van der Waals surface area contributed by atoms with Gasteiger partial charge >= 0.3 is 0 Å². The van der Waals surface area contributed by atoms with Crippen LogP contribution in [0.5, 0.6) is 0 Å². The third kappa shape index (κ3) is 3.98. The fourth-order valence-electron chi connectivity index (χ4n) is 2.90. The number of amides is 1. The van der Waals surface area contributed by atoms with Crippen LogP contribution >= 0.6 is 27.3 Å². The molecule has 0 saturated heterocycles. The van der Waals surface area contributed by atoms with Gasteiger partial charge in [0.25, 0.3) is 5.91 Å². The zero-order valence-corrected chi connectivity index (χ0v) is 17.5. The fraction of sp³-hybridized carbons (Fsp3) is 0.300. The van der Waals surface area contributed by atoms with Crippen LogP contribution in [0.3, 0.4) is 0 Å². The van der Waals surface area contributed by atoms with E-state index in [1.807, 2.05) is 25.1 Å². The van der Waals surface area contributed by atoms with Crippen molar-refractivity contribution < 1.29 is 9.53 Å². The molecule has 0 unspecified atom stereocenters. The topological polar surface area (TPSA) is 43.6 Å². The molecule has 0 fully saturated rings. The van der Waals surface area contributed by atoms with Gasteiger partial charge in [0.05, 0.1) is 22.4 Å². The van der Waals surface area contributed by atoms with Crippen LogP contribution in [0.15, 0.2) is 45.9 Å². The van der Waals surface area contributed by atoms with E-state index in [9.17, 15) is 4.79 Å². The Morgan fingerprint density at radius 2 is 2.04 bits per heavy atom. The molecule has 26 heavy (non-hydrogen) atoms. The molecule has 3 aromatic rings. The van der Waals surface area contributed by atoms with Crippen LogP contribution in [0.1, 0.15) is 28.4 Å². The van der Waals surface area contributed by atoms with Gasteiger partial charge < -0.3 is 9.30 Å². The van der Waals surface area contributed by atoms with Gasteiger partial charge in [-0.15, -0.1) is 0 Å². The summed E-state index contributed by atoms with van der Waals surface area (Å²) >= 11 is 4.98. The minimum Gasteiger partial charge on any atom is -0.380 e. The molecule has 0 saturated carbocycles. The van der Waals surface area contributed by atoms with E-state index in [1.54, 1.807) is 17.4 Å². The molecule has 2 aromatic carbocycles. The number of hydrogen-bond acceptors (Lipinski definition) is 3. The molecule has 0 radical (unpaired) electrons. The number of carbonyl (C=O) groups excluding carboxylic acids is 1. The van der Waals surface area contributed by atoms with E-state index < -0.39 is 0 Å². The van der Waals surface area contributed by atoms with Crippen molar-refractivity contribution in [1.29, 1.82) is 0 Å². The van der Waals surface area contributed by atoms with Crippen molar-refractivity contribution >= 4 is 43.4 Å². The highest BCUT2D eigenvalue weighted by Gasteiger charge is 2.13. The summed E-state index contributed by atoms with van der Waals surface area (Å²) in [4.78, 5) is 17.8. The van der Waals surface area contributed by atoms with Crippen LogP contribution in [-0.4, -0.2) is 23.7 Å². The number of halogens is 1. The van der Waals surface area contributed by atoms with Gasteiger partial charge in [-0.1, -0.05) is 29.5 Å². The lowest BCUT2D eigenvalue weighted by Gasteiger charge is -2.07. The summed E-state index contributed by atoms with van der Waals surface area (Å²) in [7, 11) is 0. The first-order chi connectivity index (χ1) is 12.5. The number of aromatic nitrogens is 1. The zero-order chi connectivity index (χ0) is 18.7. The van der Waals surface area contributed by atoms with Gasteiger partial charge in [-0.05, 0) is 66.0 Å². The minimum absolute atomic E-state index is 0.247. The fourth-order valence-corrected chi connectivity index (χ4v) is 4.45. The van der Waals surface area contributed by atoms with Gasteiger partial charge in [-0.3, -0.25) is 4.79 Å². The molecule has 0 aliphatic carbocycles. The first-order valence-corrected chi connectivity index (χ1v) is 10.1. The van der Waals surface area contributed by atoms with Gasteiger partial charge in [-0.25, -0.2) is 0 Å². The molecule has 3 rings (SSSR count). The number of thiazole rings is 1. The van der Waals surface area contributed by atoms with Crippen LogP contribution in [0.2, 0.25) is 0 Å². The molecular weight excluding hydrogens is 412 g/mol. The molecule has 0 spiro atoms. The van der Waals surface area contributed by atoms with Crippen molar-refractivity contribution in [2.24, 2.45) is 4.99 Å². The van der Waals surface area contributed by atoms with Gasteiger partial charge in [0.1, 0.15) is 0 Å². The Morgan fingerprint density at radius 1 is 1.27 bits per heavy atom. The van der Waals surface area contributed by atoms with Crippen molar-refractivity contribution in [2.45, 2.75) is 27.3 Å². The van der Waals surface area contributed by atoms with Crippen LogP contribution in [0, 0.1) is 13.8 Å². The van der Waals surface area contributed by atoms with Crippen molar-refractivity contribution in [2.75, 3.05) is 13.2 Å². The molecule has 6 heteroatoms. The average Bonchev–Trinajstić information content (AvgIpc) is 2.93. The largest absolute Gasteiger partial charge is 0.380 e. The standard InChI is InChI=1S/C20H21BrN2O2S/c1-4-25-10-9-23-17-12-13(2)11-14(3)18(17)26-20(23)22-19(24)15-7-5-6-8-16(15)21/h5-8,11-12H,4,9-10H2,1-3H3. The highest BCUT2D eigenvalue weighted by molar-refractivity contribution is 9.10. The van der Waals surface area contributed by atoms with E-state index in [1.165, 1.54) is 11.1 Å². The second kappa shape index (κ2) is 8.29. The molecule has 1 aromatic heterocycles. The number of carbonyl (C=O) groups is 1. The highest BCUT2D eigenvalue weighted by Crippen LogP contribution is 2.24. The molecule has 4 nitrogen and oxygen atoms in total. The zero-order valence-electron chi connectivity index (χ0n) is 15.1. The Hall–Kier alpha value is -1.76. The van der Waals surface area contributed by atoms with Crippen molar-refractivity contribution in [3.05, 3.63) is 62.4 Å². The molecule has 0 atom stereocenters. The summed E-state index contributed by atoms with van der Waals surface area (Å²) in [6.07, 6.45) is 0. The number of benzene rings is 2. The number of hydrogen-bond donors (Lipinski definition) is 0. The van der Waals surface area contributed by atoms with E-state index in [-0.39, 0.29) is 5.91 Å². The van der Waals surface area contributed by atoms with Crippen molar-refractivity contribution in [3.63, 3.8) is 0 Å². The van der Waals surface area contributed by atoms with Gasteiger partial charge in [0.15, 0.2) is 4.80 Å². The number of rotatable bonds is 5. The molecule has 0 aliphatic heterocycles. The quantitative estimate of drug-likeness (QED) is 0.540. The average molecular weight is 433 g/mol. The summed E-state index contributed by atoms with van der Waals surface area (Å²) in [5.74, 6) is -0.247. The van der Waals surface area contributed by atoms with E-state index in [2.05, 4.69) is 51.5 Å². The minimum atomic E-state index is -0.247. The predicted octanol–water partition coefficient (Wildman–Crippen LogP) is 4.86. The second-order valence-corrected chi connectivity index (χ2v) is 7.89. The molecule has 136 valence electrons. The molecule has 0 N–H and O–H groups in total. The Kier molecular flexibility index (Phi) is 6.06. The number of fused-ring (bicyclic) bond motifs is 1. The van der Waals surface area contributed by atoms with Gasteiger partial charge in [0, 0.05) is 17.6 Å². The van der Waals surface area contributed by atoms with Crippen LogP contribution < -0.4 is 4.80 Å². The third-order valence-corrected chi connectivity index (χ3v) is 6.00. The molecule has 1 amide bonds. The lowest BCUT2D eigenvalue weighted by Crippen LogP contribution is -2.20. The highest BCUT2D eigenvalue weighted by atomic mass is 79.9. The predicted molar refractivity (Wildman–Crippen MR) is 110 cm³/mol. The lowest BCUT2D eigenvalue weighted by molar-refractivity contribution is 0.0996. The summed E-state index contributed by atoms with van der Waals surface area (Å²) < 4.78 is 9.53. The normalized spacial score (nSPS) is 12.1. The number of nitrogens with zero attached hydrogens (tertiary/aromatic N) is 2. The van der Waals surface area contributed by atoms with Crippen molar-refractivity contribution in [3.8, 4) is 0 Å². The smallest absolute Gasteiger partial charge is 0.280 e. The molecule has 0 bridgehead atoms. The Morgan fingerprint density at radius 3 is 2.77 bits per heavy atom. The van der Waals surface area contributed by atoms with Crippen LogP contribution in [0.25, 0.3) is 10.2 Å². The Bertz CT molecular complexity index is 1020. The third-order valence-electron chi connectivity index (χ3n) is 4.08. The summed E-state index contributed by atoms with van der Waals surface area (Å²) in [6.45, 7) is 8.08. The first-order valence-electron chi connectivity index (χ1n) is 8.53. The SMILES string of the molecule is CCOCCn1c(=NC(=O)c2ccccc2Br)sc2c(C)cc(C)cc21. The van der Waals surface area contributed by atoms with E-state index in [0.29, 0.717) is 30.1 Å². The second-order valence-electron chi connectivity index (χ2n) is 6.06. The monoisotopic (exact) mass is 432 g/mol. The summed E-state index contributed by atoms with van der Waals surface area (Å²) in [6, 6.07) is 11.7. The Balaban J connectivity index is 2.14. The summed E-state index contributed by atoms with van der Waals surface area (Å²) in [5, 5.41) is 0. The maximum absolute atomic E-state index is 12.7. The van der Waals surface area contributed by atoms with Gasteiger partial charge in [-0.2, -0.15) is 4.99 Å². The summed E-state index contributed by atoms with van der Waals surface area (Å²) in [5.41, 5.74) is 4.06. The lowest BCUT2D eigenvalue weighted by atomic mass is 10.1. The molecule has 0 aliphatic rings. The maximum Gasteiger partial charge on any atom is 0.280 e. The number of aryl methyl sites for hydroxylation is 2. The van der Waals surface area contributed by atoms with Gasteiger partial charge in [0.2, 0.25) is 0 Å². The van der Waals surface area contributed by atoms with Crippen LogP contribution in [-0.2, 0) is 11.3 Å². The molecule has 1 heterocycles. The Labute approximate surface area is 165 Å². The van der Waals surface area contributed by atoms with Crippen molar-refractivity contribution in [1.82, 2.24) is 4.57 Å². The van der Waals surface area contributed by atoms with Crippen LogP contribution in [0.4, 0.5) is 0 Å². The maximum atomic E-state index is 12.7. The van der Waals surface area contributed by atoms with E-state index in [0.717, 1.165) is 14.7 Å². The molecular formula is C20H21BrN2O2S. The number of ether oxygens (including phenoxy) is 1.